The molecular weight excluding hydrogens is 98.0 g/mol. The molecule has 0 saturated heterocycles. The van der Waals surface area contributed by atoms with Crippen LogP contribution in [0.5, 0.6) is 0 Å². The Hall–Kier alpha value is 0.860. The summed E-state index contributed by atoms with van der Waals surface area (Å²) in [5.41, 5.74) is 0. The van der Waals surface area contributed by atoms with Crippen molar-refractivity contribution in [2.45, 2.75) is 0 Å². The van der Waals surface area contributed by atoms with Gasteiger partial charge in [-0.15, -0.1) is 0 Å². The van der Waals surface area contributed by atoms with Crippen LogP contribution in [-0.2, 0) is 0 Å². The molecule has 0 aliphatic carbocycles. The summed E-state index contributed by atoms with van der Waals surface area (Å²) in [6, 6.07) is 0. The highest BCUT2D eigenvalue weighted by Crippen LogP contribution is 2.55. The van der Waals surface area contributed by atoms with Crippen molar-refractivity contribution >= 4 is 15.9 Å². The fraction of sp³-hybridized carbons (Fsp3) is 1.00. The Bertz CT molecular complexity index is 20.4. The first-order valence-corrected chi connectivity index (χ1v) is 6.35. The highest BCUT2D eigenvalue weighted by atomic mass is 32.1. The van der Waals surface area contributed by atoms with Gasteiger partial charge in [0.05, 0.1) is 20.0 Å². The minimum atomic E-state index is -0.472. The van der Waals surface area contributed by atoms with E-state index in [0.717, 1.165) is 0 Å². The molecular formula is C3H11P2+. The normalized spacial score (nSPS) is 12.0. The molecule has 0 bridgehead atoms. The number of hydrogen-bond acceptors (Lipinski definition) is 0. The van der Waals surface area contributed by atoms with Crippen molar-refractivity contribution < 1.29 is 0 Å². The monoisotopic (exact) mass is 109 g/mol. The minimum absolute atomic E-state index is 0.472. The maximum atomic E-state index is 2.83. The Morgan fingerprint density at radius 1 is 1.20 bits per heavy atom. The van der Waals surface area contributed by atoms with Crippen molar-refractivity contribution in [1.82, 2.24) is 0 Å². The summed E-state index contributed by atoms with van der Waals surface area (Å²) in [6.07, 6.45) is 0. The summed E-state index contributed by atoms with van der Waals surface area (Å²) in [5, 5.41) is 0. The van der Waals surface area contributed by atoms with Crippen LogP contribution in [0.4, 0.5) is 0 Å². The lowest BCUT2D eigenvalue weighted by Crippen LogP contribution is -1.63. The molecule has 32 valence electrons. The highest BCUT2D eigenvalue weighted by Gasteiger charge is 2.03. The van der Waals surface area contributed by atoms with Gasteiger partial charge in [0.15, 0.2) is 0 Å². The van der Waals surface area contributed by atoms with Crippen LogP contribution >= 0.6 is 15.9 Å². The molecule has 0 nitrogen and oxygen atoms in total. The smallest absolute Gasteiger partial charge is 0.0181 e. The summed E-state index contributed by atoms with van der Waals surface area (Å²) in [6.45, 7) is 6.31. The summed E-state index contributed by atoms with van der Waals surface area (Å²) in [4.78, 5) is 0. The molecule has 1 unspecified atom stereocenters. The first kappa shape index (κ1) is 5.86. The van der Waals surface area contributed by atoms with Gasteiger partial charge < -0.3 is 0 Å². The third kappa shape index (κ3) is 53.7. The molecule has 0 aliphatic heterocycles. The molecule has 1 atom stereocenters. The van der Waals surface area contributed by atoms with Crippen LogP contribution in [0.3, 0.4) is 0 Å². The van der Waals surface area contributed by atoms with Gasteiger partial charge in [-0.3, -0.25) is 0 Å². The number of rotatable bonds is 0. The molecule has 0 radical (unpaired) electrons. The standard InChI is InChI=1S/C3H11P2/c1-5(2,3)4/h4H2,1-3H3/q+1. The average molecular weight is 109 g/mol. The maximum Gasteiger partial charge on any atom is 0.0501 e. The van der Waals surface area contributed by atoms with Gasteiger partial charge in [0.1, 0.15) is 0 Å². The first-order valence-electron chi connectivity index (χ1n) is 1.60. The van der Waals surface area contributed by atoms with Gasteiger partial charge in [0.2, 0.25) is 0 Å². The van der Waals surface area contributed by atoms with Gasteiger partial charge in [-0.1, -0.05) is 0 Å². The van der Waals surface area contributed by atoms with Gasteiger partial charge in [0.25, 0.3) is 0 Å². The van der Waals surface area contributed by atoms with Crippen LogP contribution in [0, 0.1) is 0 Å². The Labute approximate surface area is 36.8 Å². The lowest BCUT2D eigenvalue weighted by Gasteiger charge is -1.97. The zero-order valence-electron chi connectivity index (χ0n) is 4.02. The lowest BCUT2D eigenvalue weighted by molar-refractivity contribution is 2.10. The topological polar surface area (TPSA) is 0 Å². The van der Waals surface area contributed by atoms with Crippen LogP contribution in [0.1, 0.15) is 0 Å². The molecule has 2 heteroatoms. The van der Waals surface area contributed by atoms with E-state index in [4.69, 9.17) is 0 Å². The molecule has 0 rings (SSSR count). The first-order chi connectivity index (χ1) is 2.00. The van der Waals surface area contributed by atoms with Gasteiger partial charge in [-0.05, 0) is 0 Å². The fourth-order valence-electron chi connectivity index (χ4n) is 0. The highest BCUT2D eigenvalue weighted by molar-refractivity contribution is 8.23. The molecule has 0 aromatic carbocycles. The Kier molecular flexibility index (Phi) is 1.80. The maximum absolute atomic E-state index is 2.83. The van der Waals surface area contributed by atoms with E-state index in [2.05, 4.69) is 28.9 Å². The number of hydrogen-bond donors (Lipinski definition) is 0. The van der Waals surface area contributed by atoms with E-state index in [1.165, 1.54) is 0 Å². The molecule has 0 fully saturated rings. The summed E-state index contributed by atoms with van der Waals surface area (Å²) >= 11 is 0. The molecule has 0 heterocycles. The van der Waals surface area contributed by atoms with Gasteiger partial charge in [-0.25, -0.2) is 0 Å². The predicted octanol–water partition coefficient (Wildman–Crippen LogP) is 1.68. The third-order valence-corrected chi connectivity index (χ3v) is 0. The summed E-state index contributed by atoms with van der Waals surface area (Å²) in [7, 11) is 2.83. The second-order valence-corrected chi connectivity index (χ2v) is 11.0. The Morgan fingerprint density at radius 3 is 1.20 bits per heavy atom. The second-order valence-electron chi connectivity index (χ2n) is 2.12. The van der Waals surface area contributed by atoms with Crippen LogP contribution < -0.4 is 0 Å². The van der Waals surface area contributed by atoms with Crippen LogP contribution in [0.15, 0.2) is 0 Å². The quantitative estimate of drug-likeness (QED) is 0.415. The lowest BCUT2D eigenvalue weighted by atomic mass is 11.9. The van der Waals surface area contributed by atoms with Crippen molar-refractivity contribution in [2.24, 2.45) is 0 Å². The SMILES string of the molecule is C[P+](C)(C)P. The van der Waals surface area contributed by atoms with E-state index in [1.54, 1.807) is 0 Å². The van der Waals surface area contributed by atoms with Crippen LogP contribution in [0.25, 0.3) is 0 Å². The van der Waals surface area contributed by atoms with Crippen molar-refractivity contribution in [3.8, 4) is 0 Å². The Balaban J connectivity index is 3.02. The molecule has 0 spiro atoms. The predicted molar refractivity (Wildman–Crippen MR) is 34.4 cm³/mol. The molecule has 0 aromatic rings. The largest absolute Gasteiger partial charge is 0.0501 e. The molecule has 0 aliphatic rings. The minimum Gasteiger partial charge on any atom is 0.0181 e. The van der Waals surface area contributed by atoms with E-state index < -0.39 is 6.95 Å². The van der Waals surface area contributed by atoms with E-state index in [-0.39, 0.29) is 0 Å². The third-order valence-electron chi connectivity index (χ3n) is 0. The zero-order chi connectivity index (χ0) is 4.50. The van der Waals surface area contributed by atoms with E-state index in [1.807, 2.05) is 0 Å². The van der Waals surface area contributed by atoms with Crippen molar-refractivity contribution in [3.05, 3.63) is 0 Å². The van der Waals surface area contributed by atoms with Crippen molar-refractivity contribution in [2.75, 3.05) is 20.0 Å². The molecule has 0 amide bonds. The van der Waals surface area contributed by atoms with Crippen molar-refractivity contribution in [1.29, 1.82) is 0 Å². The van der Waals surface area contributed by atoms with E-state index in [0.29, 0.717) is 0 Å². The van der Waals surface area contributed by atoms with Crippen molar-refractivity contribution in [3.63, 3.8) is 0 Å². The zero-order valence-corrected chi connectivity index (χ0v) is 6.07. The summed E-state index contributed by atoms with van der Waals surface area (Å²) < 4.78 is 0. The van der Waals surface area contributed by atoms with Crippen LogP contribution in [0.2, 0.25) is 0 Å². The second kappa shape index (κ2) is 1.54. The molecule has 0 aromatic heterocycles. The van der Waals surface area contributed by atoms with Gasteiger partial charge in [0, 0.05) is 15.9 Å². The van der Waals surface area contributed by atoms with Gasteiger partial charge in [-0.2, -0.15) is 0 Å². The van der Waals surface area contributed by atoms with E-state index in [9.17, 15) is 0 Å². The fourth-order valence-corrected chi connectivity index (χ4v) is 0. The molecule has 0 N–H and O–H groups in total. The summed E-state index contributed by atoms with van der Waals surface area (Å²) in [5.74, 6) is 0. The molecule has 5 heavy (non-hydrogen) atoms. The van der Waals surface area contributed by atoms with Gasteiger partial charge >= 0.3 is 0 Å². The average Bonchev–Trinajstić information content (AvgIpc) is 0.722. The van der Waals surface area contributed by atoms with Crippen LogP contribution in [-0.4, -0.2) is 20.0 Å². The molecule has 0 saturated carbocycles. The Morgan fingerprint density at radius 2 is 1.20 bits per heavy atom. The van der Waals surface area contributed by atoms with E-state index >= 15 is 0 Å².